The third-order valence-electron chi connectivity index (χ3n) is 2.91. The molecule has 0 aromatic heterocycles. The van der Waals surface area contributed by atoms with Crippen molar-refractivity contribution in [1.82, 2.24) is 0 Å². The van der Waals surface area contributed by atoms with Crippen LogP contribution in [0.1, 0.15) is 43.7 Å². The first-order valence-electron chi connectivity index (χ1n) is 5.99. The van der Waals surface area contributed by atoms with Crippen molar-refractivity contribution >= 4 is 0 Å². The van der Waals surface area contributed by atoms with E-state index in [1.807, 2.05) is 6.92 Å². The number of rotatable bonds is 6. The Kier molecular flexibility index (Phi) is 5.59. The van der Waals surface area contributed by atoms with Crippen LogP contribution < -0.4 is 0 Å². The summed E-state index contributed by atoms with van der Waals surface area (Å²) in [4.78, 5) is 0. The number of hydrogen-bond acceptors (Lipinski definition) is 1. The molecule has 1 nitrogen and oxygen atoms in total. The lowest BCUT2D eigenvalue weighted by Gasteiger charge is -2.11. The van der Waals surface area contributed by atoms with E-state index >= 15 is 0 Å². The third kappa shape index (κ3) is 3.02. The molecule has 0 bridgehead atoms. The fourth-order valence-corrected chi connectivity index (χ4v) is 1.88. The molecular formula is C13H16F4O. The van der Waals surface area contributed by atoms with Gasteiger partial charge in [-0.05, 0) is 18.4 Å². The molecular weight excluding hydrogens is 248 g/mol. The van der Waals surface area contributed by atoms with Crippen LogP contribution in [0, 0.1) is 23.3 Å². The summed E-state index contributed by atoms with van der Waals surface area (Å²) in [5.74, 6) is -6.57. The molecule has 0 unspecified atom stereocenters. The highest BCUT2D eigenvalue weighted by Crippen LogP contribution is 2.25. The standard InChI is InChI=1S/C13H16F4O/c1-2-3-4-5-6-8-9(7-18)11(15)13(17)12(16)10(8)14/h18H,2-7H2,1H3. The molecule has 5 heteroatoms. The molecule has 0 atom stereocenters. The van der Waals surface area contributed by atoms with Crippen molar-refractivity contribution in [2.24, 2.45) is 0 Å². The van der Waals surface area contributed by atoms with Crippen molar-refractivity contribution in [2.75, 3.05) is 0 Å². The van der Waals surface area contributed by atoms with Gasteiger partial charge in [-0.25, -0.2) is 17.6 Å². The Labute approximate surface area is 103 Å². The Morgan fingerprint density at radius 3 is 1.83 bits per heavy atom. The number of halogens is 4. The normalized spacial score (nSPS) is 11.0. The second-order valence-electron chi connectivity index (χ2n) is 4.18. The molecule has 0 spiro atoms. The van der Waals surface area contributed by atoms with Crippen LogP contribution in [-0.4, -0.2) is 5.11 Å². The van der Waals surface area contributed by atoms with Crippen molar-refractivity contribution in [3.05, 3.63) is 34.4 Å². The lowest BCUT2D eigenvalue weighted by Crippen LogP contribution is -2.09. The summed E-state index contributed by atoms with van der Waals surface area (Å²) in [6.45, 7) is 1.15. The van der Waals surface area contributed by atoms with Crippen LogP contribution in [0.25, 0.3) is 0 Å². The minimum absolute atomic E-state index is 0.0931. The van der Waals surface area contributed by atoms with Crippen molar-refractivity contribution in [2.45, 2.75) is 45.6 Å². The fourth-order valence-electron chi connectivity index (χ4n) is 1.88. The minimum atomic E-state index is -1.87. The van der Waals surface area contributed by atoms with E-state index in [1.165, 1.54) is 0 Å². The zero-order chi connectivity index (χ0) is 13.7. The van der Waals surface area contributed by atoms with E-state index in [2.05, 4.69) is 0 Å². The van der Waals surface area contributed by atoms with Crippen molar-refractivity contribution in [3.63, 3.8) is 0 Å². The van der Waals surface area contributed by atoms with Crippen LogP contribution in [0.2, 0.25) is 0 Å². The predicted octanol–water partition coefficient (Wildman–Crippen LogP) is 3.86. The number of benzene rings is 1. The lowest BCUT2D eigenvalue weighted by molar-refractivity contribution is 0.267. The van der Waals surface area contributed by atoms with E-state index in [-0.39, 0.29) is 12.0 Å². The molecule has 0 radical (unpaired) electrons. The van der Waals surface area contributed by atoms with Crippen LogP contribution in [0.4, 0.5) is 17.6 Å². The molecule has 18 heavy (non-hydrogen) atoms. The molecule has 0 aliphatic heterocycles. The monoisotopic (exact) mass is 264 g/mol. The van der Waals surface area contributed by atoms with Gasteiger partial charge in [-0.3, -0.25) is 0 Å². The molecule has 0 heterocycles. The topological polar surface area (TPSA) is 20.2 Å². The van der Waals surface area contributed by atoms with Gasteiger partial charge in [-0.2, -0.15) is 0 Å². The second kappa shape index (κ2) is 6.73. The molecule has 0 saturated carbocycles. The average Bonchev–Trinajstić information content (AvgIpc) is 2.38. The number of aliphatic hydroxyl groups excluding tert-OH is 1. The molecule has 0 saturated heterocycles. The molecule has 1 aromatic carbocycles. The summed E-state index contributed by atoms with van der Waals surface area (Å²) >= 11 is 0. The Hall–Kier alpha value is -1.10. The minimum Gasteiger partial charge on any atom is -0.392 e. The summed E-state index contributed by atoms with van der Waals surface area (Å²) in [6.07, 6.45) is 3.34. The van der Waals surface area contributed by atoms with Gasteiger partial charge in [0.05, 0.1) is 6.61 Å². The molecule has 0 aliphatic carbocycles. The van der Waals surface area contributed by atoms with Crippen LogP contribution in [0.3, 0.4) is 0 Å². The summed E-state index contributed by atoms with van der Waals surface area (Å²) in [7, 11) is 0. The van der Waals surface area contributed by atoms with Gasteiger partial charge in [0.25, 0.3) is 0 Å². The smallest absolute Gasteiger partial charge is 0.197 e. The molecule has 1 aromatic rings. The van der Waals surface area contributed by atoms with Crippen LogP contribution in [-0.2, 0) is 13.0 Å². The van der Waals surface area contributed by atoms with Gasteiger partial charge < -0.3 is 5.11 Å². The predicted molar refractivity (Wildman–Crippen MR) is 60.0 cm³/mol. The molecule has 102 valence electrons. The van der Waals surface area contributed by atoms with Gasteiger partial charge >= 0.3 is 0 Å². The van der Waals surface area contributed by atoms with Crippen molar-refractivity contribution in [3.8, 4) is 0 Å². The van der Waals surface area contributed by atoms with Crippen molar-refractivity contribution < 1.29 is 22.7 Å². The van der Waals surface area contributed by atoms with Gasteiger partial charge in [-0.15, -0.1) is 0 Å². The zero-order valence-corrected chi connectivity index (χ0v) is 10.2. The van der Waals surface area contributed by atoms with E-state index < -0.39 is 35.4 Å². The number of unbranched alkanes of at least 4 members (excludes halogenated alkanes) is 3. The Balaban J connectivity index is 3.01. The first kappa shape index (κ1) is 15.0. The molecule has 0 amide bonds. The Morgan fingerprint density at radius 2 is 1.33 bits per heavy atom. The summed E-state index contributed by atoms with van der Waals surface area (Å²) < 4.78 is 52.9. The average molecular weight is 264 g/mol. The SMILES string of the molecule is CCCCCCc1c(F)c(F)c(F)c(F)c1CO. The van der Waals surface area contributed by atoms with Gasteiger partial charge in [0, 0.05) is 5.56 Å². The Bertz CT molecular complexity index is 418. The summed E-state index contributed by atoms with van der Waals surface area (Å²) in [5, 5.41) is 8.95. The highest BCUT2D eigenvalue weighted by Gasteiger charge is 2.24. The van der Waals surface area contributed by atoms with E-state index in [0.717, 1.165) is 19.3 Å². The van der Waals surface area contributed by atoms with Crippen molar-refractivity contribution in [1.29, 1.82) is 0 Å². The van der Waals surface area contributed by atoms with E-state index in [0.29, 0.717) is 6.42 Å². The van der Waals surface area contributed by atoms with Gasteiger partial charge in [0.2, 0.25) is 0 Å². The van der Waals surface area contributed by atoms with Gasteiger partial charge in [0.1, 0.15) is 0 Å². The third-order valence-corrected chi connectivity index (χ3v) is 2.91. The number of aliphatic hydroxyl groups is 1. The van der Waals surface area contributed by atoms with Gasteiger partial charge in [0.15, 0.2) is 23.3 Å². The Morgan fingerprint density at radius 1 is 0.778 bits per heavy atom. The quantitative estimate of drug-likeness (QED) is 0.358. The van der Waals surface area contributed by atoms with Gasteiger partial charge in [-0.1, -0.05) is 26.2 Å². The van der Waals surface area contributed by atoms with E-state index in [9.17, 15) is 17.6 Å². The summed E-state index contributed by atoms with van der Waals surface area (Å²) in [5.41, 5.74) is -0.743. The van der Waals surface area contributed by atoms with E-state index in [1.54, 1.807) is 0 Å². The zero-order valence-electron chi connectivity index (χ0n) is 10.2. The molecule has 1 N–H and O–H groups in total. The maximum absolute atomic E-state index is 13.5. The maximum Gasteiger partial charge on any atom is 0.197 e. The molecule has 0 fully saturated rings. The molecule has 0 aliphatic rings. The first-order chi connectivity index (χ1) is 8.54. The highest BCUT2D eigenvalue weighted by molar-refractivity contribution is 5.32. The highest BCUT2D eigenvalue weighted by atomic mass is 19.2. The number of hydrogen-bond donors (Lipinski definition) is 1. The lowest BCUT2D eigenvalue weighted by atomic mass is 9.99. The first-order valence-corrected chi connectivity index (χ1v) is 5.99. The fraction of sp³-hybridized carbons (Fsp3) is 0.538. The molecule has 1 rings (SSSR count). The van der Waals surface area contributed by atoms with Crippen LogP contribution in [0.5, 0.6) is 0 Å². The second-order valence-corrected chi connectivity index (χ2v) is 4.18. The van der Waals surface area contributed by atoms with Crippen LogP contribution >= 0.6 is 0 Å². The largest absolute Gasteiger partial charge is 0.392 e. The van der Waals surface area contributed by atoms with Crippen LogP contribution in [0.15, 0.2) is 0 Å². The van der Waals surface area contributed by atoms with E-state index in [4.69, 9.17) is 5.11 Å². The summed E-state index contributed by atoms with van der Waals surface area (Å²) in [6, 6.07) is 0. The maximum atomic E-state index is 13.5.